The largest absolute Gasteiger partial charge is 0.275 e. The van der Waals surface area contributed by atoms with E-state index in [-0.39, 0.29) is 5.82 Å². The third-order valence-electron chi connectivity index (χ3n) is 1.94. The molecule has 0 aliphatic heterocycles. The van der Waals surface area contributed by atoms with Gasteiger partial charge in [0.1, 0.15) is 12.0 Å². The lowest BCUT2D eigenvalue weighted by Gasteiger charge is -1.99. The maximum atomic E-state index is 13.5. The van der Waals surface area contributed by atoms with E-state index in [2.05, 4.69) is 15.1 Å². The molecule has 2 aromatic rings. The molecule has 0 aromatic carbocycles. The highest BCUT2D eigenvalue weighted by Crippen LogP contribution is 2.19. The molecule has 72 valence electrons. The molecular weight excluding hydrogens is 183 g/mol. The summed E-state index contributed by atoms with van der Waals surface area (Å²) in [5.41, 5.74) is 1.31. The molecule has 0 aliphatic rings. The highest BCUT2D eigenvalue weighted by Gasteiger charge is 2.10. The zero-order chi connectivity index (χ0) is 10.1. The predicted octanol–water partition coefficient (Wildman–Crippen LogP) is 1.32. The topological polar surface area (TPSA) is 43.6 Å². The summed E-state index contributed by atoms with van der Waals surface area (Å²) >= 11 is 0. The Hall–Kier alpha value is -1.78. The number of aromatic nitrogens is 4. The van der Waals surface area contributed by atoms with Crippen molar-refractivity contribution >= 4 is 0 Å². The molecule has 0 atom stereocenters. The molecule has 5 heteroatoms. The minimum absolute atomic E-state index is 0.297. The number of hydrogen-bond donors (Lipinski definition) is 0. The van der Waals surface area contributed by atoms with E-state index in [0.29, 0.717) is 17.0 Å². The summed E-state index contributed by atoms with van der Waals surface area (Å²) in [6, 6.07) is 0. The molecule has 0 spiro atoms. The van der Waals surface area contributed by atoms with E-state index in [1.807, 2.05) is 0 Å². The summed E-state index contributed by atoms with van der Waals surface area (Å²) in [7, 11) is 1.77. The first kappa shape index (κ1) is 8.80. The number of rotatable bonds is 1. The zero-order valence-electron chi connectivity index (χ0n) is 7.90. The molecule has 0 fully saturated rings. The van der Waals surface area contributed by atoms with Gasteiger partial charge in [-0.3, -0.25) is 4.68 Å². The lowest BCUT2D eigenvalue weighted by Crippen LogP contribution is -1.94. The SMILES string of the molecule is Cc1ncnc(-c2cnn(C)c2)c1F. The van der Waals surface area contributed by atoms with Crippen molar-refractivity contribution in [3.05, 3.63) is 30.2 Å². The second-order valence-electron chi connectivity index (χ2n) is 3.02. The first-order valence-electron chi connectivity index (χ1n) is 4.14. The van der Waals surface area contributed by atoms with Crippen molar-refractivity contribution in [3.63, 3.8) is 0 Å². The maximum absolute atomic E-state index is 13.5. The van der Waals surface area contributed by atoms with Crippen LogP contribution < -0.4 is 0 Å². The maximum Gasteiger partial charge on any atom is 0.170 e. The summed E-state index contributed by atoms with van der Waals surface area (Å²) in [4.78, 5) is 7.64. The first-order valence-corrected chi connectivity index (χ1v) is 4.14. The number of aryl methyl sites for hydroxylation is 2. The first-order chi connectivity index (χ1) is 6.68. The minimum atomic E-state index is -0.388. The fraction of sp³-hybridized carbons (Fsp3) is 0.222. The molecule has 2 aromatic heterocycles. The van der Waals surface area contributed by atoms with Gasteiger partial charge < -0.3 is 0 Å². The van der Waals surface area contributed by atoms with Gasteiger partial charge in [0.25, 0.3) is 0 Å². The predicted molar refractivity (Wildman–Crippen MR) is 48.9 cm³/mol. The monoisotopic (exact) mass is 192 g/mol. The molecule has 0 unspecified atom stereocenters. The Morgan fingerprint density at radius 2 is 2.14 bits per heavy atom. The smallest absolute Gasteiger partial charge is 0.170 e. The van der Waals surface area contributed by atoms with E-state index in [4.69, 9.17) is 0 Å². The molecule has 0 saturated carbocycles. The Morgan fingerprint density at radius 3 is 2.79 bits per heavy atom. The van der Waals surface area contributed by atoms with Crippen LogP contribution >= 0.6 is 0 Å². The summed E-state index contributed by atoms with van der Waals surface area (Å²) in [5, 5.41) is 3.95. The van der Waals surface area contributed by atoms with Crippen LogP contribution in [0.2, 0.25) is 0 Å². The van der Waals surface area contributed by atoms with Gasteiger partial charge in [0.15, 0.2) is 5.82 Å². The van der Waals surface area contributed by atoms with E-state index in [1.165, 1.54) is 6.33 Å². The van der Waals surface area contributed by atoms with Crippen LogP contribution in [0.4, 0.5) is 4.39 Å². The summed E-state index contributed by atoms with van der Waals surface area (Å²) in [5.74, 6) is -0.388. The van der Waals surface area contributed by atoms with Crippen molar-refractivity contribution in [2.45, 2.75) is 6.92 Å². The molecule has 2 heterocycles. The van der Waals surface area contributed by atoms with Crippen molar-refractivity contribution in [2.75, 3.05) is 0 Å². The number of hydrogen-bond acceptors (Lipinski definition) is 3. The fourth-order valence-corrected chi connectivity index (χ4v) is 1.20. The highest BCUT2D eigenvalue weighted by atomic mass is 19.1. The van der Waals surface area contributed by atoms with Gasteiger partial charge in [-0.15, -0.1) is 0 Å². The Bertz CT molecular complexity index is 464. The Balaban J connectivity index is 2.57. The molecule has 14 heavy (non-hydrogen) atoms. The summed E-state index contributed by atoms with van der Waals surface area (Å²) in [6.07, 6.45) is 4.64. The van der Waals surface area contributed by atoms with Gasteiger partial charge in [0.2, 0.25) is 0 Å². The van der Waals surface area contributed by atoms with E-state index >= 15 is 0 Å². The normalized spacial score (nSPS) is 10.5. The van der Waals surface area contributed by atoms with Crippen LogP contribution in [0.3, 0.4) is 0 Å². The lowest BCUT2D eigenvalue weighted by atomic mass is 10.2. The Labute approximate surface area is 80.4 Å². The van der Waals surface area contributed by atoms with Gasteiger partial charge >= 0.3 is 0 Å². The van der Waals surface area contributed by atoms with Crippen LogP contribution in [0.15, 0.2) is 18.7 Å². The average molecular weight is 192 g/mol. The molecular formula is C9H9FN4. The standard InChI is InChI=1S/C9H9FN4/c1-6-8(10)9(12-5-11-6)7-3-13-14(2)4-7/h3-5H,1-2H3. The van der Waals surface area contributed by atoms with E-state index in [1.54, 1.807) is 31.0 Å². The number of nitrogens with zero attached hydrogens (tertiary/aromatic N) is 4. The van der Waals surface area contributed by atoms with Crippen molar-refractivity contribution in [3.8, 4) is 11.3 Å². The second kappa shape index (κ2) is 3.17. The van der Waals surface area contributed by atoms with Crippen LogP contribution in [0.1, 0.15) is 5.69 Å². The van der Waals surface area contributed by atoms with Crippen LogP contribution in [0.25, 0.3) is 11.3 Å². The van der Waals surface area contributed by atoms with Gasteiger partial charge in [-0.2, -0.15) is 5.10 Å². The van der Waals surface area contributed by atoms with Crippen molar-refractivity contribution in [2.24, 2.45) is 7.05 Å². The molecule has 0 aliphatic carbocycles. The molecule has 0 amide bonds. The number of halogens is 1. The molecule has 2 rings (SSSR count). The molecule has 0 bridgehead atoms. The molecule has 4 nitrogen and oxygen atoms in total. The minimum Gasteiger partial charge on any atom is -0.275 e. The third-order valence-corrected chi connectivity index (χ3v) is 1.94. The zero-order valence-corrected chi connectivity index (χ0v) is 7.90. The van der Waals surface area contributed by atoms with E-state index < -0.39 is 0 Å². The second-order valence-corrected chi connectivity index (χ2v) is 3.02. The van der Waals surface area contributed by atoms with Gasteiger partial charge in [0.05, 0.1) is 11.9 Å². The Morgan fingerprint density at radius 1 is 1.36 bits per heavy atom. The van der Waals surface area contributed by atoms with Crippen molar-refractivity contribution < 1.29 is 4.39 Å². The van der Waals surface area contributed by atoms with Crippen molar-refractivity contribution in [1.29, 1.82) is 0 Å². The highest BCUT2D eigenvalue weighted by molar-refractivity contribution is 5.57. The van der Waals surface area contributed by atoms with Crippen molar-refractivity contribution in [1.82, 2.24) is 19.7 Å². The van der Waals surface area contributed by atoms with E-state index in [0.717, 1.165) is 0 Å². The summed E-state index contributed by atoms with van der Waals surface area (Å²) < 4.78 is 15.1. The van der Waals surface area contributed by atoms with Crippen LogP contribution in [-0.2, 0) is 7.05 Å². The molecule has 0 N–H and O–H groups in total. The lowest BCUT2D eigenvalue weighted by molar-refractivity contribution is 0.606. The van der Waals surface area contributed by atoms with Crippen LogP contribution in [-0.4, -0.2) is 19.7 Å². The average Bonchev–Trinajstić information content (AvgIpc) is 2.57. The fourth-order valence-electron chi connectivity index (χ4n) is 1.20. The van der Waals surface area contributed by atoms with Crippen LogP contribution in [0, 0.1) is 12.7 Å². The van der Waals surface area contributed by atoms with Crippen LogP contribution in [0.5, 0.6) is 0 Å². The molecule has 0 saturated heterocycles. The third kappa shape index (κ3) is 1.37. The van der Waals surface area contributed by atoms with Gasteiger partial charge in [-0.05, 0) is 6.92 Å². The van der Waals surface area contributed by atoms with E-state index in [9.17, 15) is 4.39 Å². The Kier molecular flexibility index (Phi) is 1.99. The summed E-state index contributed by atoms with van der Waals surface area (Å²) in [6.45, 7) is 1.61. The quantitative estimate of drug-likeness (QED) is 0.684. The van der Waals surface area contributed by atoms with Gasteiger partial charge in [-0.25, -0.2) is 14.4 Å². The molecule has 0 radical (unpaired) electrons. The van der Waals surface area contributed by atoms with Gasteiger partial charge in [0, 0.05) is 18.8 Å². The van der Waals surface area contributed by atoms with Gasteiger partial charge in [-0.1, -0.05) is 0 Å².